The lowest BCUT2D eigenvalue weighted by Crippen LogP contribution is -2.16. The van der Waals surface area contributed by atoms with Crippen molar-refractivity contribution < 1.29 is 18.8 Å². The highest BCUT2D eigenvalue weighted by atomic mass is 35.5. The highest BCUT2D eigenvalue weighted by Crippen LogP contribution is 2.27. The molecule has 0 aliphatic carbocycles. The monoisotopic (exact) mass is 386 g/mol. The van der Waals surface area contributed by atoms with Crippen LogP contribution in [0.2, 0.25) is 5.02 Å². The first-order valence-electron chi connectivity index (χ1n) is 8.27. The van der Waals surface area contributed by atoms with Crippen molar-refractivity contribution >= 4 is 23.2 Å². The van der Waals surface area contributed by atoms with E-state index in [-0.39, 0.29) is 12.3 Å². The van der Waals surface area contributed by atoms with Gasteiger partial charge in [-0.15, -0.1) is 0 Å². The summed E-state index contributed by atoms with van der Waals surface area (Å²) in [5.41, 5.74) is 2.31. The van der Waals surface area contributed by atoms with Crippen LogP contribution in [0.5, 0.6) is 11.5 Å². The van der Waals surface area contributed by atoms with E-state index in [1.807, 2.05) is 19.1 Å². The number of rotatable bonds is 6. The normalized spacial score (nSPS) is 10.5. The van der Waals surface area contributed by atoms with E-state index in [1.54, 1.807) is 44.4 Å². The number of anilines is 1. The van der Waals surface area contributed by atoms with Crippen molar-refractivity contribution in [2.24, 2.45) is 0 Å². The van der Waals surface area contributed by atoms with Gasteiger partial charge < -0.3 is 19.3 Å². The molecule has 0 saturated heterocycles. The summed E-state index contributed by atoms with van der Waals surface area (Å²) in [4.78, 5) is 12.7. The third-order valence-corrected chi connectivity index (χ3v) is 4.25. The van der Waals surface area contributed by atoms with Crippen molar-refractivity contribution in [1.29, 1.82) is 0 Å². The predicted molar refractivity (Wildman–Crippen MR) is 103 cm³/mol. The van der Waals surface area contributed by atoms with Gasteiger partial charge in [-0.25, -0.2) is 0 Å². The Balaban J connectivity index is 1.78. The van der Waals surface area contributed by atoms with Gasteiger partial charge in [0.15, 0.2) is 5.69 Å². The van der Waals surface area contributed by atoms with E-state index in [1.165, 1.54) is 0 Å². The molecule has 2 aromatic carbocycles. The Bertz CT molecular complexity index is 951. The van der Waals surface area contributed by atoms with Crippen LogP contribution in [0.25, 0.3) is 0 Å². The van der Waals surface area contributed by atoms with Gasteiger partial charge in [-0.2, -0.15) is 0 Å². The molecular weight excluding hydrogens is 368 g/mol. The van der Waals surface area contributed by atoms with Gasteiger partial charge in [0.2, 0.25) is 0 Å². The minimum absolute atomic E-state index is 0.144. The van der Waals surface area contributed by atoms with Gasteiger partial charge in [0, 0.05) is 5.02 Å². The van der Waals surface area contributed by atoms with Crippen molar-refractivity contribution in [2.45, 2.75) is 20.5 Å². The van der Waals surface area contributed by atoms with Gasteiger partial charge in [-0.1, -0.05) is 22.8 Å². The second-order valence-corrected chi connectivity index (χ2v) is 6.40. The summed E-state index contributed by atoms with van der Waals surface area (Å²) in [6, 6.07) is 12.5. The molecule has 0 saturated carbocycles. The quantitative estimate of drug-likeness (QED) is 0.659. The Kier molecular flexibility index (Phi) is 5.66. The fraction of sp³-hybridized carbons (Fsp3) is 0.200. The minimum Gasteiger partial charge on any atom is -0.495 e. The first-order valence-corrected chi connectivity index (χ1v) is 8.65. The number of nitrogens with zero attached hydrogens (tertiary/aromatic N) is 1. The number of aromatic nitrogens is 1. The number of ether oxygens (including phenoxy) is 2. The largest absolute Gasteiger partial charge is 0.495 e. The van der Waals surface area contributed by atoms with Gasteiger partial charge in [0.05, 0.1) is 18.4 Å². The molecule has 1 heterocycles. The molecule has 1 amide bonds. The first-order chi connectivity index (χ1) is 13.0. The van der Waals surface area contributed by atoms with Crippen molar-refractivity contribution in [3.8, 4) is 11.5 Å². The van der Waals surface area contributed by atoms with Crippen LogP contribution in [-0.4, -0.2) is 18.2 Å². The molecule has 0 fully saturated rings. The van der Waals surface area contributed by atoms with Gasteiger partial charge >= 0.3 is 0 Å². The van der Waals surface area contributed by atoms with Crippen LogP contribution in [0.1, 0.15) is 27.4 Å². The van der Waals surface area contributed by atoms with Crippen molar-refractivity contribution in [3.63, 3.8) is 0 Å². The van der Waals surface area contributed by atoms with E-state index in [4.69, 9.17) is 25.6 Å². The smallest absolute Gasteiger partial charge is 0.278 e. The van der Waals surface area contributed by atoms with Crippen LogP contribution in [-0.2, 0) is 6.61 Å². The topological polar surface area (TPSA) is 73.6 Å². The molecule has 1 aromatic heterocycles. The average Bonchev–Trinajstić information content (AvgIpc) is 3.02. The van der Waals surface area contributed by atoms with Crippen LogP contribution in [0, 0.1) is 13.8 Å². The lowest BCUT2D eigenvalue weighted by molar-refractivity contribution is 0.101. The number of nitrogens with one attached hydrogen (secondary N) is 1. The van der Waals surface area contributed by atoms with Crippen LogP contribution in [0.4, 0.5) is 5.69 Å². The van der Waals surface area contributed by atoms with Crippen molar-refractivity contribution in [2.75, 3.05) is 12.4 Å². The van der Waals surface area contributed by atoms with E-state index >= 15 is 0 Å². The van der Waals surface area contributed by atoms with Crippen LogP contribution in [0.3, 0.4) is 0 Å². The summed E-state index contributed by atoms with van der Waals surface area (Å²) in [7, 11) is 1.55. The summed E-state index contributed by atoms with van der Waals surface area (Å²) < 4.78 is 16.2. The molecule has 3 rings (SSSR count). The maximum absolute atomic E-state index is 12.7. The fourth-order valence-corrected chi connectivity index (χ4v) is 2.65. The number of carbonyl (C=O) groups is 1. The summed E-state index contributed by atoms with van der Waals surface area (Å²) in [6.45, 7) is 3.81. The number of hydrogen-bond acceptors (Lipinski definition) is 5. The van der Waals surface area contributed by atoms with Gasteiger partial charge in [0.1, 0.15) is 23.9 Å². The number of methoxy groups -OCH3 is 1. The Labute approximate surface area is 162 Å². The number of amides is 1. The first kappa shape index (κ1) is 18.8. The zero-order valence-electron chi connectivity index (χ0n) is 15.2. The maximum atomic E-state index is 12.7. The van der Waals surface area contributed by atoms with Crippen LogP contribution < -0.4 is 14.8 Å². The molecule has 27 heavy (non-hydrogen) atoms. The third kappa shape index (κ3) is 4.41. The Morgan fingerprint density at radius 1 is 1.19 bits per heavy atom. The van der Waals surface area contributed by atoms with Gasteiger partial charge in [-0.05, 0) is 55.8 Å². The lowest BCUT2D eigenvalue weighted by Gasteiger charge is -2.11. The second kappa shape index (κ2) is 8.14. The molecule has 7 heteroatoms. The predicted octanol–water partition coefficient (Wildman–Crippen LogP) is 4.78. The van der Waals surface area contributed by atoms with E-state index in [2.05, 4.69) is 10.5 Å². The molecule has 3 aromatic rings. The molecule has 0 bridgehead atoms. The standard InChI is InChI=1S/C20H19ClN2O4/c1-12-4-9-18(25-3)17(10-12)22-20(24)19-16(13(2)27-23-19)11-26-15-7-5-14(21)6-8-15/h4-10H,11H2,1-3H3,(H,22,24). The molecule has 1 N–H and O–H groups in total. The molecule has 0 radical (unpaired) electrons. The van der Waals surface area contributed by atoms with Gasteiger partial charge in [-0.3, -0.25) is 4.79 Å². The third-order valence-electron chi connectivity index (χ3n) is 4.00. The number of hydrogen-bond donors (Lipinski definition) is 1. The molecule has 0 unspecified atom stereocenters. The minimum atomic E-state index is -0.398. The highest BCUT2D eigenvalue weighted by Gasteiger charge is 2.21. The molecule has 140 valence electrons. The van der Waals surface area contributed by atoms with E-state index in [0.29, 0.717) is 33.5 Å². The second-order valence-electron chi connectivity index (χ2n) is 5.97. The van der Waals surface area contributed by atoms with E-state index in [0.717, 1.165) is 5.56 Å². The molecule has 0 aliphatic rings. The molecule has 6 nitrogen and oxygen atoms in total. The number of carbonyl (C=O) groups excluding carboxylic acids is 1. The number of benzene rings is 2. The Morgan fingerprint density at radius 3 is 2.63 bits per heavy atom. The molecule has 0 aliphatic heterocycles. The highest BCUT2D eigenvalue weighted by molar-refractivity contribution is 6.30. The summed E-state index contributed by atoms with van der Waals surface area (Å²) in [6.07, 6.45) is 0. The Morgan fingerprint density at radius 2 is 1.93 bits per heavy atom. The van der Waals surface area contributed by atoms with Crippen molar-refractivity contribution in [3.05, 3.63) is 70.1 Å². The molecule has 0 spiro atoms. The molecule has 0 atom stereocenters. The molecular formula is C20H19ClN2O4. The van der Waals surface area contributed by atoms with E-state index < -0.39 is 5.91 Å². The zero-order valence-corrected chi connectivity index (χ0v) is 16.0. The zero-order chi connectivity index (χ0) is 19.4. The summed E-state index contributed by atoms with van der Waals surface area (Å²) >= 11 is 5.87. The lowest BCUT2D eigenvalue weighted by atomic mass is 10.1. The number of halogens is 1. The van der Waals surface area contributed by atoms with Crippen LogP contribution >= 0.6 is 11.6 Å². The average molecular weight is 387 g/mol. The Hall–Kier alpha value is -2.99. The summed E-state index contributed by atoms with van der Waals surface area (Å²) in [5, 5.41) is 7.33. The summed E-state index contributed by atoms with van der Waals surface area (Å²) in [5.74, 6) is 1.32. The fourth-order valence-electron chi connectivity index (χ4n) is 2.53. The SMILES string of the molecule is COc1ccc(C)cc1NC(=O)c1noc(C)c1COc1ccc(Cl)cc1. The van der Waals surface area contributed by atoms with Crippen LogP contribution in [0.15, 0.2) is 47.0 Å². The van der Waals surface area contributed by atoms with E-state index in [9.17, 15) is 4.79 Å². The van der Waals surface area contributed by atoms with Gasteiger partial charge in [0.25, 0.3) is 5.91 Å². The van der Waals surface area contributed by atoms with Crippen molar-refractivity contribution in [1.82, 2.24) is 5.16 Å². The maximum Gasteiger partial charge on any atom is 0.278 e. The number of aryl methyl sites for hydroxylation is 2.